The van der Waals surface area contributed by atoms with Crippen LogP contribution in [0.2, 0.25) is 0 Å². The molecule has 0 radical (unpaired) electrons. The van der Waals surface area contributed by atoms with Gasteiger partial charge in [-0.15, -0.1) is 11.8 Å². The smallest absolute Gasteiger partial charge is 0.0700 e. The Labute approximate surface area is 182 Å². The number of benzene rings is 2. The van der Waals surface area contributed by atoms with E-state index in [9.17, 15) is 0 Å². The molecule has 2 aromatic carbocycles. The third-order valence-electron chi connectivity index (χ3n) is 4.33. The maximum Gasteiger partial charge on any atom is 0.0700 e. The van der Waals surface area contributed by atoms with Gasteiger partial charge < -0.3 is 9.47 Å². The lowest BCUT2D eigenvalue weighted by Crippen LogP contribution is -2.36. The molecule has 0 spiro atoms. The van der Waals surface area contributed by atoms with Gasteiger partial charge in [0.1, 0.15) is 0 Å². The zero-order chi connectivity index (χ0) is 21.5. The minimum Gasteiger partial charge on any atom is -0.372 e. The van der Waals surface area contributed by atoms with Crippen molar-refractivity contribution < 1.29 is 9.47 Å². The van der Waals surface area contributed by atoms with Gasteiger partial charge in [-0.1, -0.05) is 48.0 Å². The van der Waals surface area contributed by atoms with Crippen molar-refractivity contribution in [3.05, 3.63) is 65.7 Å². The van der Waals surface area contributed by atoms with Crippen LogP contribution in [0.15, 0.2) is 59.5 Å². The molecule has 0 heterocycles. The summed E-state index contributed by atoms with van der Waals surface area (Å²) in [5.41, 5.74) is 2.23. The lowest BCUT2D eigenvalue weighted by atomic mass is 10.0. The SMILES string of the molecule is Cc1ccc(SC[C@H](C[C@@H](Cc2ccccc2)OC(C)(C)C)OC(C)(C)C)cc1. The predicted molar refractivity (Wildman–Crippen MR) is 126 cm³/mol. The molecular weight excluding hydrogens is 376 g/mol. The summed E-state index contributed by atoms with van der Waals surface area (Å²) >= 11 is 1.86. The molecule has 0 aliphatic rings. The number of aryl methyl sites for hydroxylation is 1. The normalized spacial score (nSPS) is 14.6. The van der Waals surface area contributed by atoms with E-state index in [4.69, 9.17) is 9.47 Å². The van der Waals surface area contributed by atoms with Crippen molar-refractivity contribution in [2.45, 2.75) is 89.6 Å². The van der Waals surface area contributed by atoms with Crippen LogP contribution in [-0.2, 0) is 15.9 Å². The van der Waals surface area contributed by atoms with Gasteiger partial charge in [0.25, 0.3) is 0 Å². The average Bonchev–Trinajstić information content (AvgIpc) is 2.59. The molecule has 0 aliphatic heterocycles. The Morgan fingerprint density at radius 1 is 0.759 bits per heavy atom. The van der Waals surface area contributed by atoms with E-state index in [2.05, 4.69) is 103 Å². The van der Waals surface area contributed by atoms with Crippen LogP contribution in [-0.4, -0.2) is 29.2 Å². The molecule has 2 nitrogen and oxygen atoms in total. The first-order valence-electron chi connectivity index (χ1n) is 10.6. The van der Waals surface area contributed by atoms with Crippen LogP contribution in [0.3, 0.4) is 0 Å². The quantitative estimate of drug-likeness (QED) is 0.408. The van der Waals surface area contributed by atoms with Crippen LogP contribution in [0, 0.1) is 6.92 Å². The van der Waals surface area contributed by atoms with E-state index < -0.39 is 0 Å². The molecule has 2 aromatic rings. The Balaban J connectivity index is 2.10. The monoisotopic (exact) mass is 414 g/mol. The molecule has 0 N–H and O–H groups in total. The molecule has 0 saturated heterocycles. The van der Waals surface area contributed by atoms with Crippen LogP contribution in [0.4, 0.5) is 0 Å². The molecule has 0 aromatic heterocycles. The van der Waals surface area contributed by atoms with Crippen LogP contribution >= 0.6 is 11.8 Å². The van der Waals surface area contributed by atoms with Gasteiger partial charge in [0.2, 0.25) is 0 Å². The summed E-state index contributed by atoms with van der Waals surface area (Å²) in [4.78, 5) is 1.29. The summed E-state index contributed by atoms with van der Waals surface area (Å²) in [6.07, 6.45) is 2.01. The van der Waals surface area contributed by atoms with E-state index >= 15 is 0 Å². The van der Waals surface area contributed by atoms with Crippen LogP contribution in [0.25, 0.3) is 0 Å². The first-order chi connectivity index (χ1) is 13.5. The van der Waals surface area contributed by atoms with Gasteiger partial charge in [-0.05, 0) is 72.6 Å². The minimum atomic E-state index is -0.185. The van der Waals surface area contributed by atoms with Gasteiger partial charge in [0, 0.05) is 17.1 Å². The highest BCUT2D eigenvalue weighted by Crippen LogP contribution is 2.27. The second-order valence-electron chi connectivity index (χ2n) is 9.75. The van der Waals surface area contributed by atoms with Gasteiger partial charge in [0.05, 0.1) is 23.4 Å². The number of rotatable bonds is 9. The number of ether oxygens (including phenoxy) is 2. The first kappa shape index (κ1) is 24.0. The Morgan fingerprint density at radius 2 is 1.31 bits per heavy atom. The maximum absolute atomic E-state index is 6.47. The molecule has 2 atom stereocenters. The molecule has 0 aliphatic carbocycles. The lowest BCUT2D eigenvalue weighted by molar-refractivity contribution is -0.105. The Bertz CT molecular complexity index is 711. The topological polar surface area (TPSA) is 18.5 Å². The van der Waals surface area contributed by atoms with Crippen LogP contribution < -0.4 is 0 Å². The second kappa shape index (κ2) is 10.7. The molecule has 0 bridgehead atoms. The summed E-state index contributed by atoms with van der Waals surface area (Å²) in [7, 11) is 0. The molecule has 0 amide bonds. The largest absolute Gasteiger partial charge is 0.372 e. The van der Waals surface area contributed by atoms with Crippen molar-refractivity contribution in [2.75, 3.05) is 5.75 Å². The summed E-state index contributed by atoms with van der Waals surface area (Å²) < 4.78 is 12.9. The van der Waals surface area contributed by atoms with Gasteiger partial charge in [0.15, 0.2) is 0 Å². The van der Waals surface area contributed by atoms with Crippen molar-refractivity contribution in [1.29, 1.82) is 0 Å². The number of hydrogen-bond donors (Lipinski definition) is 0. The molecule has 2 rings (SSSR count). The first-order valence-corrected chi connectivity index (χ1v) is 11.6. The Hall–Kier alpha value is -1.29. The summed E-state index contributed by atoms with van der Waals surface area (Å²) in [6, 6.07) is 19.3. The highest BCUT2D eigenvalue weighted by atomic mass is 32.2. The number of hydrogen-bond acceptors (Lipinski definition) is 3. The zero-order valence-corrected chi connectivity index (χ0v) is 20.0. The van der Waals surface area contributed by atoms with Gasteiger partial charge >= 0.3 is 0 Å². The molecule has 160 valence electrons. The summed E-state index contributed by atoms with van der Waals surface area (Å²) in [6.45, 7) is 14.9. The maximum atomic E-state index is 6.47. The third-order valence-corrected chi connectivity index (χ3v) is 5.47. The van der Waals surface area contributed by atoms with E-state index in [0.29, 0.717) is 0 Å². The lowest BCUT2D eigenvalue weighted by Gasteiger charge is -2.33. The fourth-order valence-electron chi connectivity index (χ4n) is 3.32. The van der Waals surface area contributed by atoms with Gasteiger partial charge in [-0.2, -0.15) is 0 Å². The minimum absolute atomic E-state index is 0.114. The van der Waals surface area contributed by atoms with Gasteiger partial charge in [-0.25, -0.2) is 0 Å². The van der Waals surface area contributed by atoms with Crippen LogP contribution in [0.1, 0.15) is 59.1 Å². The Kier molecular flexibility index (Phi) is 8.81. The number of thioether (sulfide) groups is 1. The molecule has 0 fully saturated rings. The van der Waals surface area contributed by atoms with Crippen molar-refractivity contribution in [3.63, 3.8) is 0 Å². The van der Waals surface area contributed by atoms with E-state index in [-0.39, 0.29) is 23.4 Å². The highest BCUT2D eigenvalue weighted by Gasteiger charge is 2.26. The average molecular weight is 415 g/mol. The predicted octanol–water partition coefficient (Wildman–Crippen LogP) is 7.09. The molecule has 29 heavy (non-hydrogen) atoms. The Morgan fingerprint density at radius 3 is 1.86 bits per heavy atom. The van der Waals surface area contributed by atoms with E-state index in [0.717, 1.165) is 18.6 Å². The third kappa shape index (κ3) is 10.3. The van der Waals surface area contributed by atoms with Crippen molar-refractivity contribution in [1.82, 2.24) is 0 Å². The van der Waals surface area contributed by atoms with Crippen molar-refractivity contribution in [2.24, 2.45) is 0 Å². The zero-order valence-electron chi connectivity index (χ0n) is 19.2. The molecular formula is C26H38O2S. The highest BCUT2D eigenvalue weighted by molar-refractivity contribution is 7.99. The van der Waals surface area contributed by atoms with E-state index in [1.54, 1.807) is 0 Å². The fraction of sp³-hybridized carbons (Fsp3) is 0.538. The van der Waals surface area contributed by atoms with Crippen molar-refractivity contribution >= 4 is 11.8 Å². The van der Waals surface area contributed by atoms with Gasteiger partial charge in [-0.3, -0.25) is 0 Å². The van der Waals surface area contributed by atoms with Crippen molar-refractivity contribution in [3.8, 4) is 0 Å². The molecule has 0 saturated carbocycles. The standard InChI is InChI=1S/C26H38O2S/c1-20-13-15-24(16-14-20)29-19-23(28-26(5,6)7)18-22(27-25(2,3)4)17-21-11-9-8-10-12-21/h8-16,22-23H,17-19H2,1-7H3/t22-,23+/m1/s1. The second-order valence-corrected chi connectivity index (χ2v) is 10.8. The van der Waals surface area contributed by atoms with Crippen LogP contribution in [0.5, 0.6) is 0 Å². The fourth-order valence-corrected chi connectivity index (χ4v) is 4.23. The molecule has 0 unspecified atom stereocenters. The summed E-state index contributed by atoms with van der Waals surface area (Å²) in [5.74, 6) is 0.916. The summed E-state index contributed by atoms with van der Waals surface area (Å²) in [5, 5.41) is 0. The van der Waals surface area contributed by atoms with E-state index in [1.165, 1.54) is 16.0 Å². The molecule has 3 heteroatoms. The van der Waals surface area contributed by atoms with E-state index in [1.807, 2.05) is 11.8 Å².